The summed E-state index contributed by atoms with van der Waals surface area (Å²) in [6.45, 7) is 6.01. The minimum atomic E-state index is 0.0168. The molecule has 5 nitrogen and oxygen atoms in total. The molecule has 2 aromatic heterocycles. The summed E-state index contributed by atoms with van der Waals surface area (Å²) < 4.78 is 0. The molecule has 1 atom stereocenters. The third-order valence-electron chi connectivity index (χ3n) is 4.92. The molecule has 1 N–H and O–H groups in total. The van der Waals surface area contributed by atoms with Crippen molar-refractivity contribution >= 4 is 28.1 Å². The van der Waals surface area contributed by atoms with Crippen LogP contribution < -0.4 is 4.90 Å². The highest BCUT2D eigenvalue weighted by atomic mass is 32.1. The maximum absolute atomic E-state index is 9.79. The minimum absolute atomic E-state index is 0.0168. The Morgan fingerprint density at radius 2 is 2.00 bits per heavy atom. The van der Waals surface area contributed by atoms with E-state index in [1.807, 2.05) is 35.8 Å². The number of nitrogens with zero attached hydrogens (tertiary/aromatic N) is 4. The molecular weight excluding hydrogens is 332 g/mol. The van der Waals surface area contributed by atoms with Crippen LogP contribution in [-0.2, 0) is 6.61 Å². The van der Waals surface area contributed by atoms with Crippen molar-refractivity contribution in [2.45, 2.75) is 19.6 Å². The van der Waals surface area contributed by atoms with Crippen molar-refractivity contribution in [3.8, 4) is 0 Å². The smallest absolute Gasteiger partial charge is 0.134 e. The first-order valence-corrected chi connectivity index (χ1v) is 9.52. The van der Waals surface area contributed by atoms with Gasteiger partial charge in [-0.1, -0.05) is 18.2 Å². The maximum atomic E-state index is 9.79. The number of benzene rings is 1. The van der Waals surface area contributed by atoms with E-state index in [-0.39, 0.29) is 6.61 Å². The molecule has 0 spiro atoms. The summed E-state index contributed by atoms with van der Waals surface area (Å²) in [6, 6.07) is 10.5. The van der Waals surface area contributed by atoms with Crippen molar-refractivity contribution < 1.29 is 5.11 Å². The van der Waals surface area contributed by atoms with E-state index in [9.17, 15) is 5.11 Å². The van der Waals surface area contributed by atoms with Gasteiger partial charge in [0, 0.05) is 48.7 Å². The van der Waals surface area contributed by atoms with Gasteiger partial charge in [-0.15, -0.1) is 11.3 Å². The van der Waals surface area contributed by atoms with Gasteiger partial charge in [0.1, 0.15) is 10.8 Å². The third-order valence-corrected chi connectivity index (χ3v) is 5.87. The van der Waals surface area contributed by atoms with E-state index < -0.39 is 0 Å². The van der Waals surface area contributed by atoms with Crippen LogP contribution >= 0.6 is 11.3 Å². The van der Waals surface area contributed by atoms with Gasteiger partial charge >= 0.3 is 0 Å². The molecule has 4 rings (SSSR count). The zero-order valence-corrected chi connectivity index (χ0v) is 15.1. The van der Waals surface area contributed by atoms with Crippen LogP contribution in [0.2, 0.25) is 0 Å². The van der Waals surface area contributed by atoms with Gasteiger partial charge < -0.3 is 10.0 Å². The van der Waals surface area contributed by atoms with Gasteiger partial charge in [-0.25, -0.2) is 9.97 Å². The van der Waals surface area contributed by atoms with Crippen molar-refractivity contribution in [2.24, 2.45) is 0 Å². The maximum Gasteiger partial charge on any atom is 0.134 e. The molecule has 1 aromatic carbocycles. The highest BCUT2D eigenvalue weighted by molar-refractivity contribution is 7.09. The minimum Gasteiger partial charge on any atom is -0.392 e. The standard InChI is InChI=1S/C19H22N4OS/c1-14(19-20-6-11-25-19)22-7-9-23(10-8-22)18-16(13-24)12-15-4-2-3-5-17(15)21-18/h2-6,11-12,14,24H,7-10,13H2,1H3. The number of fused-ring (bicyclic) bond motifs is 1. The van der Waals surface area contributed by atoms with E-state index in [2.05, 4.69) is 27.8 Å². The second kappa shape index (κ2) is 7.07. The Balaban J connectivity index is 1.53. The van der Waals surface area contributed by atoms with E-state index >= 15 is 0 Å². The number of para-hydroxylation sites is 1. The summed E-state index contributed by atoms with van der Waals surface area (Å²) in [4.78, 5) is 14.0. The van der Waals surface area contributed by atoms with Gasteiger partial charge in [0.05, 0.1) is 18.2 Å². The van der Waals surface area contributed by atoms with Crippen LogP contribution in [0.5, 0.6) is 0 Å². The van der Waals surface area contributed by atoms with E-state index in [4.69, 9.17) is 4.98 Å². The summed E-state index contributed by atoms with van der Waals surface area (Å²) in [6.07, 6.45) is 1.87. The SMILES string of the molecule is CC(c1nccs1)N1CCN(c2nc3ccccc3cc2CO)CC1. The first-order valence-electron chi connectivity index (χ1n) is 8.64. The van der Waals surface area contributed by atoms with Crippen LogP contribution in [0.3, 0.4) is 0 Å². The van der Waals surface area contributed by atoms with Gasteiger partial charge in [0.15, 0.2) is 0 Å². The predicted molar refractivity (Wildman–Crippen MR) is 102 cm³/mol. The molecular formula is C19H22N4OS. The average Bonchev–Trinajstić information content (AvgIpc) is 3.21. The Bertz CT molecular complexity index is 844. The van der Waals surface area contributed by atoms with Crippen LogP contribution in [0.15, 0.2) is 41.9 Å². The Hall–Kier alpha value is -2.02. The lowest BCUT2D eigenvalue weighted by atomic mass is 10.1. The largest absolute Gasteiger partial charge is 0.392 e. The van der Waals surface area contributed by atoms with Gasteiger partial charge in [-0.3, -0.25) is 4.90 Å². The highest BCUT2D eigenvalue weighted by Crippen LogP contribution is 2.27. The summed E-state index contributed by atoms with van der Waals surface area (Å²) in [5.74, 6) is 0.919. The van der Waals surface area contributed by atoms with Crippen molar-refractivity contribution in [1.82, 2.24) is 14.9 Å². The van der Waals surface area contributed by atoms with Crippen LogP contribution in [0.1, 0.15) is 23.5 Å². The molecule has 6 heteroatoms. The first-order chi connectivity index (χ1) is 12.3. The monoisotopic (exact) mass is 354 g/mol. The van der Waals surface area contributed by atoms with Gasteiger partial charge in [0.2, 0.25) is 0 Å². The van der Waals surface area contributed by atoms with Crippen molar-refractivity contribution in [3.63, 3.8) is 0 Å². The molecule has 1 aliphatic rings. The van der Waals surface area contributed by atoms with Crippen molar-refractivity contribution in [2.75, 3.05) is 31.1 Å². The normalized spacial score (nSPS) is 17.1. The number of aliphatic hydroxyl groups excluding tert-OH is 1. The fourth-order valence-corrected chi connectivity index (χ4v) is 4.19. The number of aliphatic hydroxyl groups is 1. The predicted octanol–water partition coefficient (Wildman–Crippen LogP) is 3.07. The molecule has 1 saturated heterocycles. The number of hydrogen-bond donors (Lipinski definition) is 1. The average molecular weight is 354 g/mol. The molecule has 1 aliphatic heterocycles. The van der Waals surface area contributed by atoms with Gasteiger partial charge in [-0.05, 0) is 19.1 Å². The lowest BCUT2D eigenvalue weighted by Gasteiger charge is -2.38. The Morgan fingerprint density at radius 3 is 2.72 bits per heavy atom. The zero-order valence-electron chi connectivity index (χ0n) is 14.3. The Kier molecular flexibility index (Phi) is 4.65. The molecule has 0 radical (unpaired) electrons. The number of pyridine rings is 1. The third kappa shape index (κ3) is 3.25. The van der Waals surface area contributed by atoms with Crippen LogP contribution in [-0.4, -0.2) is 46.2 Å². The molecule has 3 heterocycles. The molecule has 0 aliphatic carbocycles. The van der Waals surface area contributed by atoms with E-state index in [1.54, 1.807) is 11.3 Å². The first kappa shape index (κ1) is 16.4. The summed E-state index contributed by atoms with van der Waals surface area (Å²) >= 11 is 1.72. The molecule has 0 saturated carbocycles. The summed E-state index contributed by atoms with van der Waals surface area (Å²) in [5.41, 5.74) is 1.88. The molecule has 25 heavy (non-hydrogen) atoms. The Labute approximate surface area is 151 Å². The van der Waals surface area contributed by atoms with Crippen molar-refractivity contribution in [1.29, 1.82) is 0 Å². The molecule has 1 unspecified atom stereocenters. The number of anilines is 1. The Morgan fingerprint density at radius 1 is 1.20 bits per heavy atom. The van der Waals surface area contributed by atoms with Gasteiger partial charge in [-0.2, -0.15) is 0 Å². The molecule has 3 aromatic rings. The highest BCUT2D eigenvalue weighted by Gasteiger charge is 2.25. The van der Waals surface area contributed by atoms with E-state index in [0.29, 0.717) is 6.04 Å². The fourth-order valence-electron chi connectivity index (χ4n) is 3.46. The van der Waals surface area contributed by atoms with Crippen LogP contribution in [0, 0.1) is 0 Å². The van der Waals surface area contributed by atoms with E-state index in [1.165, 1.54) is 5.01 Å². The second-order valence-electron chi connectivity index (χ2n) is 6.39. The number of hydrogen-bond acceptors (Lipinski definition) is 6. The number of aromatic nitrogens is 2. The summed E-state index contributed by atoms with van der Waals surface area (Å²) in [5, 5.41) is 14.1. The number of rotatable bonds is 4. The zero-order chi connectivity index (χ0) is 17.2. The molecule has 0 bridgehead atoms. The molecule has 0 amide bonds. The number of thiazole rings is 1. The van der Waals surface area contributed by atoms with Crippen molar-refractivity contribution in [3.05, 3.63) is 52.5 Å². The lowest BCUT2D eigenvalue weighted by molar-refractivity contribution is 0.197. The molecule has 1 fully saturated rings. The summed E-state index contributed by atoms with van der Waals surface area (Å²) in [7, 11) is 0. The quantitative estimate of drug-likeness (QED) is 0.780. The van der Waals surface area contributed by atoms with E-state index in [0.717, 1.165) is 48.5 Å². The van der Waals surface area contributed by atoms with Gasteiger partial charge in [0.25, 0.3) is 0 Å². The number of piperazine rings is 1. The molecule has 130 valence electrons. The topological polar surface area (TPSA) is 52.5 Å². The van der Waals surface area contributed by atoms with Crippen LogP contribution in [0.4, 0.5) is 5.82 Å². The lowest BCUT2D eigenvalue weighted by Crippen LogP contribution is -2.47. The fraction of sp³-hybridized carbons (Fsp3) is 0.368. The van der Waals surface area contributed by atoms with Crippen LogP contribution in [0.25, 0.3) is 10.9 Å². The second-order valence-corrected chi connectivity index (χ2v) is 7.32.